The number of carboxylic acid groups (broad SMARTS) is 1. The first kappa shape index (κ1) is 28.0. The molecule has 37 heavy (non-hydrogen) atoms. The van der Waals surface area contributed by atoms with Crippen LogP contribution in [0, 0.1) is 11.2 Å². The molecule has 198 valence electrons. The van der Waals surface area contributed by atoms with Crippen molar-refractivity contribution < 1.29 is 37.0 Å². The molecule has 1 unspecified atom stereocenters. The van der Waals surface area contributed by atoms with E-state index in [1.807, 2.05) is 13.8 Å². The lowest BCUT2D eigenvalue weighted by Crippen LogP contribution is -2.51. The molecule has 0 bridgehead atoms. The van der Waals surface area contributed by atoms with E-state index in [-0.39, 0.29) is 23.3 Å². The van der Waals surface area contributed by atoms with Crippen LogP contribution in [0.3, 0.4) is 0 Å². The Morgan fingerprint density at radius 3 is 2.24 bits per heavy atom. The van der Waals surface area contributed by atoms with Crippen LogP contribution in [-0.4, -0.2) is 23.0 Å². The first-order chi connectivity index (χ1) is 17.4. The number of nitrogens with one attached hydrogen (secondary N) is 1. The Kier molecular flexibility index (Phi) is 8.46. The van der Waals surface area contributed by atoms with Crippen molar-refractivity contribution >= 4 is 22.6 Å². The summed E-state index contributed by atoms with van der Waals surface area (Å²) in [5.74, 6) is -2.46. The van der Waals surface area contributed by atoms with Crippen LogP contribution < -0.4 is 10.1 Å². The number of hydrogen-bond acceptors (Lipinski definition) is 3. The Bertz CT molecular complexity index is 1270. The van der Waals surface area contributed by atoms with Crippen molar-refractivity contribution in [3.63, 3.8) is 0 Å². The first-order valence-electron chi connectivity index (χ1n) is 11.9. The van der Waals surface area contributed by atoms with E-state index in [9.17, 15) is 32.3 Å². The summed E-state index contributed by atoms with van der Waals surface area (Å²) in [5.41, 5.74) is -1.13. The molecule has 3 rings (SSSR count). The van der Waals surface area contributed by atoms with E-state index in [0.29, 0.717) is 23.8 Å². The van der Waals surface area contributed by atoms with E-state index >= 15 is 0 Å². The standard InChI is InChI=1S/C28H29F4NO4/c1-4-14-27(3,5-2)24(26(35)36)33-25(34)21-13-9-18-8-12-20(29)15-22(18)23(21)37-16-17-6-10-19(11-7-17)28(30,31)32/h6-13,15,24H,4-5,14,16H2,1-3H3,(H,33,34)(H,35,36)/t24-,27?/m1/s1. The van der Waals surface area contributed by atoms with Crippen molar-refractivity contribution in [3.8, 4) is 5.75 Å². The summed E-state index contributed by atoms with van der Waals surface area (Å²) in [4.78, 5) is 25.5. The molecule has 0 saturated carbocycles. The number of hydrogen-bond donors (Lipinski definition) is 2. The zero-order valence-electron chi connectivity index (χ0n) is 20.8. The normalized spacial score (nSPS) is 14.1. The maximum atomic E-state index is 14.1. The van der Waals surface area contributed by atoms with E-state index in [4.69, 9.17) is 4.74 Å². The molecule has 1 amide bonds. The molecule has 3 aromatic carbocycles. The number of carbonyl (C=O) groups excluding carboxylic acids is 1. The van der Waals surface area contributed by atoms with Gasteiger partial charge in [-0.05, 0) is 59.5 Å². The fourth-order valence-electron chi connectivity index (χ4n) is 4.38. The Morgan fingerprint density at radius 2 is 1.68 bits per heavy atom. The van der Waals surface area contributed by atoms with E-state index < -0.39 is 40.9 Å². The number of alkyl halides is 3. The smallest absolute Gasteiger partial charge is 0.416 e. The summed E-state index contributed by atoms with van der Waals surface area (Å²) in [6.45, 7) is 5.39. The van der Waals surface area contributed by atoms with Gasteiger partial charge in [0.2, 0.25) is 0 Å². The average molecular weight is 520 g/mol. The molecule has 0 aromatic heterocycles. The van der Waals surface area contributed by atoms with Gasteiger partial charge in [0, 0.05) is 5.39 Å². The van der Waals surface area contributed by atoms with Crippen molar-refractivity contribution in [2.24, 2.45) is 5.41 Å². The number of rotatable bonds is 10. The van der Waals surface area contributed by atoms with Gasteiger partial charge >= 0.3 is 12.1 Å². The third kappa shape index (κ3) is 6.39. The molecule has 2 atom stereocenters. The summed E-state index contributed by atoms with van der Waals surface area (Å²) in [6.07, 6.45) is -2.68. The van der Waals surface area contributed by atoms with Crippen molar-refractivity contribution in [3.05, 3.63) is 77.1 Å². The maximum absolute atomic E-state index is 14.1. The van der Waals surface area contributed by atoms with Gasteiger partial charge in [-0.2, -0.15) is 13.2 Å². The lowest BCUT2D eigenvalue weighted by molar-refractivity contribution is -0.143. The van der Waals surface area contributed by atoms with Gasteiger partial charge in [0.25, 0.3) is 5.91 Å². The second-order valence-corrected chi connectivity index (χ2v) is 9.29. The van der Waals surface area contributed by atoms with Crippen LogP contribution in [0.15, 0.2) is 54.6 Å². The Balaban J connectivity index is 1.99. The number of amides is 1. The zero-order chi connectivity index (χ0) is 27.4. The van der Waals surface area contributed by atoms with Gasteiger partial charge in [0.15, 0.2) is 0 Å². The van der Waals surface area contributed by atoms with Crippen LogP contribution in [0.4, 0.5) is 17.6 Å². The number of carbonyl (C=O) groups is 2. The van der Waals surface area contributed by atoms with Gasteiger partial charge in [-0.3, -0.25) is 4.79 Å². The van der Waals surface area contributed by atoms with Crippen molar-refractivity contribution in [2.75, 3.05) is 0 Å². The molecule has 0 spiro atoms. The molecule has 0 fully saturated rings. The molecule has 0 radical (unpaired) electrons. The van der Waals surface area contributed by atoms with Crippen LogP contribution in [-0.2, 0) is 17.6 Å². The number of ether oxygens (including phenoxy) is 1. The topological polar surface area (TPSA) is 75.6 Å². The van der Waals surface area contributed by atoms with Crippen LogP contribution in [0.2, 0.25) is 0 Å². The third-order valence-corrected chi connectivity index (χ3v) is 6.69. The number of fused-ring (bicyclic) bond motifs is 1. The monoisotopic (exact) mass is 519 g/mol. The summed E-state index contributed by atoms with van der Waals surface area (Å²) in [6, 6.07) is 10.2. The molecule has 9 heteroatoms. The van der Waals surface area contributed by atoms with E-state index in [2.05, 4.69) is 5.32 Å². The van der Waals surface area contributed by atoms with Crippen molar-refractivity contribution in [1.29, 1.82) is 0 Å². The van der Waals surface area contributed by atoms with Crippen LogP contribution in [0.5, 0.6) is 5.75 Å². The molecular formula is C28H29F4NO4. The molecule has 0 heterocycles. The molecular weight excluding hydrogens is 490 g/mol. The van der Waals surface area contributed by atoms with Gasteiger partial charge in [-0.25, -0.2) is 9.18 Å². The highest BCUT2D eigenvalue weighted by Gasteiger charge is 2.39. The Labute approximate surface area is 212 Å². The number of aliphatic carboxylic acids is 1. The Hall–Kier alpha value is -3.62. The minimum atomic E-state index is -4.48. The lowest BCUT2D eigenvalue weighted by Gasteiger charge is -2.34. The fraction of sp³-hybridized carbons (Fsp3) is 0.357. The van der Waals surface area contributed by atoms with Gasteiger partial charge in [-0.15, -0.1) is 0 Å². The summed E-state index contributed by atoms with van der Waals surface area (Å²) in [7, 11) is 0. The van der Waals surface area contributed by atoms with Gasteiger partial charge in [0.1, 0.15) is 24.2 Å². The quantitative estimate of drug-likeness (QED) is 0.284. The molecule has 2 N–H and O–H groups in total. The number of carboxylic acids is 1. The van der Waals surface area contributed by atoms with Gasteiger partial charge in [-0.1, -0.05) is 51.5 Å². The molecule has 0 saturated heterocycles. The first-order valence-corrected chi connectivity index (χ1v) is 11.9. The van der Waals surface area contributed by atoms with E-state index in [1.54, 1.807) is 13.0 Å². The highest BCUT2D eigenvalue weighted by atomic mass is 19.4. The second-order valence-electron chi connectivity index (χ2n) is 9.29. The largest absolute Gasteiger partial charge is 0.487 e. The van der Waals surface area contributed by atoms with Crippen LogP contribution in [0.25, 0.3) is 10.8 Å². The van der Waals surface area contributed by atoms with Crippen LogP contribution in [0.1, 0.15) is 61.5 Å². The second kappa shape index (κ2) is 11.2. The number of benzene rings is 3. The SMILES string of the molecule is CCCC(C)(CC)[C@H](NC(=O)c1ccc2ccc(F)cc2c1OCc1ccc(C(F)(F)F)cc1)C(=O)O. The van der Waals surface area contributed by atoms with Crippen molar-refractivity contribution in [2.45, 2.75) is 58.9 Å². The fourth-order valence-corrected chi connectivity index (χ4v) is 4.38. The average Bonchev–Trinajstić information content (AvgIpc) is 2.85. The molecule has 3 aromatic rings. The highest BCUT2D eigenvalue weighted by molar-refractivity contribution is 6.05. The Morgan fingerprint density at radius 1 is 1.03 bits per heavy atom. The molecule has 5 nitrogen and oxygen atoms in total. The van der Waals surface area contributed by atoms with Crippen molar-refractivity contribution in [1.82, 2.24) is 5.32 Å². The summed E-state index contributed by atoms with van der Waals surface area (Å²) in [5, 5.41) is 13.4. The molecule has 0 aliphatic rings. The van der Waals surface area contributed by atoms with Crippen LogP contribution >= 0.6 is 0 Å². The predicted octanol–water partition coefficient (Wildman–Crippen LogP) is 6.98. The minimum absolute atomic E-state index is 0.00669. The van der Waals surface area contributed by atoms with E-state index in [0.717, 1.165) is 18.6 Å². The van der Waals surface area contributed by atoms with Gasteiger partial charge < -0.3 is 15.2 Å². The zero-order valence-corrected chi connectivity index (χ0v) is 20.8. The molecule has 0 aliphatic heterocycles. The summed E-state index contributed by atoms with van der Waals surface area (Å²) >= 11 is 0. The minimum Gasteiger partial charge on any atom is -0.487 e. The molecule has 0 aliphatic carbocycles. The van der Waals surface area contributed by atoms with Gasteiger partial charge in [0.05, 0.1) is 11.1 Å². The maximum Gasteiger partial charge on any atom is 0.416 e. The van der Waals surface area contributed by atoms with E-state index in [1.165, 1.54) is 36.4 Å². The third-order valence-electron chi connectivity index (χ3n) is 6.69. The predicted molar refractivity (Wildman–Crippen MR) is 132 cm³/mol. The summed E-state index contributed by atoms with van der Waals surface area (Å²) < 4.78 is 58.7. The number of halogens is 4. The highest BCUT2D eigenvalue weighted by Crippen LogP contribution is 2.35. The lowest BCUT2D eigenvalue weighted by atomic mass is 9.76.